The van der Waals surface area contributed by atoms with Crippen molar-refractivity contribution in [3.63, 3.8) is 0 Å². The third-order valence-electron chi connectivity index (χ3n) is 4.03. The molecule has 1 aliphatic heterocycles. The van der Waals surface area contributed by atoms with Crippen LogP contribution in [0.25, 0.3) is 0 Å². The molecule has 9 heteroatoms. The number of alkyl halides is 3. The average molecular weight is 400 g/mol. The van der Waals surface area contributed by atoms with Crippen molar-refractivity contribution < 1.29 is 27.4 Å². The molecular weight excluding hydrogens is 381 g/mol. The molecule has 0 radical (unpaired) electrons. The molecule has 27 heavy (non-hydrogen) atoms. The number of pyridine rings is 1. The molecule has 0 N–H and O–H groups in total. The maximum Gasteiger partial charge on any atom is 0.422 e. The fourth-order valence-corrected chi connectivity index (χ4v) is 3.49. The largest absolute Gasteiger partial charge is 0.468 e. The van der Waals surface area contributed by atoms with E-state index in [4.69, 9.17) is 4.74 Å². The number of halogens is 3. The van der Waals surface area contributed by atoms with E-state index in [9.17, 15) is 18.0 Å². The van der Waals surface area contributed by atoms with Crippen LogP contribution in [0.1, 0.15) is 28.1 Å². The topological polar surface area (TPSA) is 51.7 Å². The van der Waals surface area contributed by atoms with Crippen molar-refractivity contribution in [2.24, 2.45) is 0 Å². The highest BCUT2D eigenvalue weighted by Gasteiger charge is 2.29. The van der Waals surface area contributed by atoms with Crippen LogP contribution in [-0.2, 0) is 11.3 Å². The Kier molecular flexibility index (Phi) is 6.33. The highest BCUT2D eigenvalue weighted by atomic mass is 32.1. The number of amides is 1. The summed E-state index contributed by atoms with van der Waals surface area (Å²) >= 11 is 1.56. The number of aromatic nitrogens is 1. The molecule has 3 rings (SSSR count). The lowest BCUT2D eigenvalue weighted by molar-refractivity contribution is -0.154. The predicted molar refractivity (Wildman–Crippen MR) is 93.8 cm³/mol. The summed E-state index contributed by atoms with van der Waals surface area (Å²) in [5.74, 6) is -0.415. The summed E-state index contributed by atoms with van der Waals surface area (Å²) in [5, 5.41) is 1.94. The van der Waals surface area contributed by atoms with E-state index in [0.717, 1.165) is 17.7 Å². The van der Waals surface area contributed by atoms with Crippen molar-refractivity contribution in [3.8, 4) is 5.88 Å². The van der Waals surface area contributed by atoms with E-state index in [1.807, 2.05) is 17.5 Å². The Bertz CT molecular complexity index is 729. The van der Waals surface area contributed by atoms with Crippen molar-refractivity contribution >= 4 is 17.2 Å². The van der Waals surface area contributed by atoms with Gasteiger partial charge in [0.15, 0.2) is 6.61 Å². The Labute approximate surface area is 158 Å². The van der Waals surface area contributed by atoms with Crippen LogP contribution in [0.15, 0.2) is 35.8 Å². The van der Waals surface area contributed by atoms with Crippen LogP contribution in [-0.4, -0.2) is 47.8 Å². The van der Waals surface area contributed by atoms with Gasteiger partial charge in [-0.25, -0.2) is 4.98 Å². The van der Waals surface area contributed by atoms with Crippen molar-refractivity contribution in [1.29, 1.82) is 0 Å². The summed E-state index contributed by atoms with van der Waals surface area (Å²) in [4.78, 5) is 19.4. The zero-order chi connectivity index (χ0) is 19.3. The van der Waals surface area contributed by atoms with E-state index in [2.05, 4.69) is 9.72 Å². The molecule has 1 aliphatic rings. The smallest absolute Gasteiger partial charge is 0.422 e. The predicted octanol–water partition coefficient (Wildman–Crippen LogP) is 3.91. The van der Waals surface area contributed by atoms with Gasteiger partial charge in [0.2, 0.25) is 5.88 Å². The average Bonchev–Trinajstić information content (AvgIpc) is 3.33. The first-order chi connectivity index (χ1) is 12.9. The molecule has 3 heterocycles. The van der Waals surface area contributed by atoms with Crippen LogP contribution < -0.4 is 4.74 Å². The summed E-state index contributed by atoms with van der Waals surface area (Å²) in [5.41, 5.74) is 0.295. The maximum absolute atomic E-state index is 12.9. The quantitative estimate of drug-likeness (QED) is 0.707. The molecule has 1 atom stereocenters. The van der Waals surface area contributed by atoms with Gasteiger partial charge >= 0.3 is 6.18 Å². The first kappa shape index (κ1) is 19.6. The lowest BCUT2D eigenvalue weighted by atomic mass is 10.2. The van der Waals surface area contributed by atoms with Crippen molar-refractivity contribution in [2.45, 2.75) is 31.7 Å². The first-order valence-corrected chi connectivity index (χ1v) is 9.37. The minimum absolute atomic E-state index is 0.00346. The molecule has 2 aromatic heterocycles. The van der Waals surface area contributed by atoms with Gasteiger partial charge in [-0.3, -0.25) is 4.79 Å². The molecule has 0 aromatic carbocycles. The van der Waals surface area contributed by atoms with Gasteiger partial charge < -0.3 is 14.4 Å². The van der Waals surface area contributed by atoms with E-state index in [1.165, 1.54) is 18.3 Å². The molecule has 0 bridgehead atoms. The van der Waals surface area contributed by atoms with Gasteiger partial charge in [-0.05, 0) is 30.4 Å². The fraction of sp³-hybridized carbons (Fsp3) is 0.444. The number of nitrogens with zero attached hydrogens (tertiary/aromatic N) is 2. The maximum atomic E-state index is 12.9. The van der Waals surface area contributed by atoms with Gasteiger partial charge in [0.25, 0.3) is 5.91 Å². The number of carbonyl (C=O) groups is 1. The van der Waals surface area contributed by atoms with Gasteiger partial charge in [-0.2, -0.15) is 13.2 Å². The molecule has 1 fully saturated rings. The van der Waals surface area contributed by atoms with E-state index in [1.54, 1.807) is 16.2 Å². The van der Waals surface area contributed by atoms with E-state index in [0.29, 0.717) is 25.3 Å². The molecule has 146 valence electrons. The number of carbonyl (C=O) groups excluding carboxylic acids is 1. The van der Waals surface area contributed by atoms with Gasteiger partial charge in [0, 0.05) is 30.3 Å². The Morgan fingerprint density at radius 2 is 2.22 bits per heavy atom. The molecule has 1 amide bonds. The Hall–Kier alpha value is -2.13. The molecule has 0 aliphatic carbocycles. The monoisotopic (exact) mass is 400 g/mol. The second-order valence-corrected chi connectivity index (χ2v) is 7.22. The molecular formula is C18H19F3N2O3S. The van der Waals surface area contributed by atoms with Crippen LogP contribution >= 0.6 is 11.3 Å². The standard InChI is InChI=1S/C18H19F3N2O3S/c19-18(20,21)12-26-16-6-5-13(9-22-16)17(24)23(10-14-3-1-7-25-14)11-15-4-2-8-27-15/h2,4-6,8-9,14H,1,3,7,10-12H2. The minimum Gasteiger partial charge on any atom is -0.468 e. The summed E-state index contributed by atoms with van der Waals surface area (Å²) in [7, 11) is 0. The second kappa shape index (κ2) is 8.71. The fourth-order valence-electron chi connectivity index (χ4n) is 2.77. The number of rotatable bonds is 7. The van der Waals surface area contributed by atoms with Gasteiger partial charge in [0.1, 0.15) is 0 Å². The highest BCUT2D eigenvalue weighted by molar-refractivity contribution is 7.09. The van der Waals surface area contributed by atoms with Crippen molar-refractivity contribution in [3.05, 3.63) is 46.3 Å². The molecule has 0 spiro atoms. The van der Waals surface area contributed by atoms with E-state index >= 15 is 0 Å². The van der Waals surface area contributed by atoms with Gasteiger partial charge in [0.05, 0.1) is 18.2 Å². The SMILES string of the molecule is O=C(c1ccc(OCC(F)(F)F)nc1)N(Cc1cccs1)CC1CCCO1. The van der Waals surface area contributed by atoms with Crippen LogP contribution in [0.4, 0.5) is 13.2 Å². The molecule has 5 nitrogen and oxygen atoms in total. The van der Waals surface area contributed by atoms with E-state index in [-0.39, 0.29) is 17.9 Å². The molecule has 1 saturated heterocycles. The molecule has 0 saturated carbocycles. The summed E-state index contributed by atoms with van der Waals surface area (Å²) in [6.07, 6.45) is -1.33. The van der Waals surface area contributed by atoms with Crippen LogP contribution in [0.2, 0.25) is 0 Å². The second-order valence-electron chi connectivity index (χ2n) is 6.19. The van der Waals surface area contributed by atoms with Gasteiger partial charge in [-0.15, -0.1) is 11.3 Å². The zero-order valence-corrected chi connectivity index (χ0v) is 15.3. The zero-order valence-electron chi connectivity index (χ0n) is 14.4. The summed E-state index contributed by atoms with van der Waals surface area (Å²) < 4.78 is 46.8. The first-order valence-electron chi connectivity index (χ1n) is 8.49. The van der Waals surface area contributed by atoms with Gasteiger partial charge in [-0.1, -0.05) is 6.07 Å². The summed E-state index contributed by atoms with van der Waals surface area (Å²) in [6.45, 7) is 0.182. The third-order valence-corrected chi connectivity index (χ3v) is 4.89. The Balaban J connectivity index is 1.68. The number of hydrogen-bond acceptors (Lipinski definition) is 5. The van der Waals surface area contributed by atoms with Crippen molar-refractivity contribution in [1.82, 2.24) is 9.88 Å². The number of thiophene rings is 1. The minimum atomic E-state index is -4.44. The molecule has 2 aromatic rings. The number of ether oxygens (including phenoxy) is 2. The van der Waals surface area contributed by atoms with Crippen LogP contribution in [0.5, 0.6) is 5.88 Å². The van der Waals surface area contributed by atoms with E-state index < -0.39 is 12.8 Å². The highest BCUT2D eigenvalue weighted by Crippen LogP contribution is 2.20. The van der Waals surface area contributed by atoms with Crippen LogP contribution in [0.3, 0.4) is 0 Å². The lowest BCUT2D eigenvalue weighted by Gasteiger charge is -2.25. The lowest BCUT2D eigenvalue weighted by Crippen LogP contribution is -2.36. The molecule has 1 unspecified atom stereocenters. The van der Waals surface area contributed by atoms with Crippen molar-refractivity contribution in [2.75, 3.05) is 19.8 Å². The summed E-state index contributed by atoms with van der Waals surface area (Å²) in [6, 6.07) is 6.57. The third kappa shape index (κ3) is 5.93. The Morgan fingerprint density at radius 3 is 2.81 bits per heavy atom. The normalized spacial score (nSPS) is 17.1. The Morgan fingerprint density at radius 1 is 1.37 bits per heavy atom. The van der Waals surface area contributed by atoms with Crippen LogP contribution in [0, 0.1) is 0 Å². The number of hydrogen-bond donors (Lipinski definition) is 0.